The van der Waals surface area contributed by atoms with Crippen LogP contribution in [0, 0.1) is 0 Å². The van der Waals surface area contributed by atoms with Crippen molar-refractivity contribution >= 4 is 23.2 Å². The Kier molecular flexibility index (Phi) is 5.11. The molecule has 0 aliphatic heterocycles. The molecule has 1 aromatic heterocycles. The highest BCUT2D eigenvalue weighted by Gasteiger charge is 2.43. The van der Waals surface area contributed by atoms with Crippen molar-refractivity contribution in [1.29, 1.82) is 0 Å². The van der Waals surface area contributed by atoms with E-state index in [4.69, 9.17) is 11.6 Å². The van der Waals surface area contributed by atoms with Crippen molar-refractivity contribution in [2.24, 2.45) is 0 Å². The molecule has 152 valence electrons. The van der Waals surface area contributed by atoms with Crippen molar-refractivity contribution in [2.45, 2.75) is 44.1 Å². The molecule has 1 aromatic carbocycles. The highest BCUT2D eigenvalue weighted by atomic mass is 35.5. The largest absolute Gasteiger partial charge is 0.436 e. The van der Waals surface area contributed by atoms with E-state index in [1.165, 1.54) is 13.0 Å². The Labute approximate surface area is 160 Å². The lowest BCUT2D eigenvalue weighted by Gasteiger charge is -2.18. The van der Waals surface area contributed by atoms with Gasteiger partial charge in [0.25, 0.3) is 0 Å². The second-order valence-electron chi connectivity index (χ2n) is 6.47. The summed E-state index contributed by atoms with van der Waals surface area (Å²) in [5.41, 5.74) is -2.80. The van der Waals surface area contributed by atoms with Crippen LogP contribution in [-0.4, -0.2) is 15.7 Å². The predicted molar refractivity (Wildman–Crippen MR) is 89.0 cm³/mol. The van der Waals surface area contributed by atoms with E-state index in [2.05, 4.69) is 10.4 Å². The summed E-state index contributed by atoms with van der Waals surface area (Å²) in [5, 5.41) is 5.00. The van der Waals surface area contributed by atoms with E-state index >= 15 is 0 Å². The lowest BCUT2D eigenvalue weighted by Crippen LogP contribution is -2.27. The summed E-state index contributed by atoms with van der Waals surface area (Å²) in [7, 11) is 0. The van der Waals surface area contributed by atoms with Gasteiger partial charge in [-0.05, 0) is 31.9 Å². The van der Waals surface area contributed by atoms with Crippen molar-refractivity contribution in [1.82, 2.24) is 9.78 Å². The Bertz CT molecular complexity index is 901. The van der Waals surface area contributed by atoms with Gasteiger partial charge < -0.3 is 5.32 Å². The van der Waals surface area contributed by atoms with Gasteiger partial charge >= 0.3 is 12.4 Å². The van der Waals surface area contributed by atoms with E-state index < -0.39 is 46.3 Å². The minimum atomic E-state index is -4.81. The fraction of sp³-hybridized carbons (Fsp3) is 0.412. The van der Waals surface area contributed by atoms with Crippen molar-refractivity contribution in [2.75, 3.05) is 5.32 Å². The zero-order valence-corrected chi connectivity index (χ0v) is 15.1. The number of carbonyl (C=O) groups excluding carboxylic acids is 1. The van der Waals surface area contributed by atoms with Crippen LogP contribution in [0.5, 0.6) is 0 Å². The summed E-state index contributed by atoms with van der Waals surface area (Å²) in [6, 6.07) is 3.02. The van der Waals surface area contributed by atoms with Crippen LogP contribution in [0.15, 0.2) is 24.3 Å². The minimum absolute atomic E-state index is 0.0701. The van der Waals surface area contributed by atoms with Crippen molar-refractivity contribution in [3.8, 4) is 0 Å². The van der Waals surface area contributed by atoms with Gasteiger partial charge in [0.2, 0.25) is 5.91 Å². The van der Waals surface area contributed by atoms with Gasteiger partial charge in [0, 0.05) is 5.92 Å². The molecule has 0 saturated heterocycles. The number of aromatic nitrogens is 2. The molecule has 1 amide bonds. The van der Waals surface area contributed by atoms with E-state index in [1.807, 2.05) is 0 Å². The second kappa shape index (κ2) is 6.98. The molecule has 28 heavy (non-hydrogen) atoms. The number of nitrogens with one attached hydrogen (secondary N) is 1. The topological polar surface area (TPSA) is 46.9 Å². The van der Waals surface area contributed by atoms with Crippen molar-refractivity contribution < 1.29 is 31.1 Å². The molecule has 1 saturated carbocycles. The third-order valence-corrected chi connectivity index (χ3v) is 4.73. The van der Waals surface area contributed by atoms with Crippen molar-refractivity contribution in [3.05, 3.63) is 46.2 Å². The van der Waals surface area contributed by atoms with E-state index in [0.717, 1.165) is 22.9 Å². The first-order chi connectivity index (χ1) is 12.9. The van der Waals surface area contributed by atoms with Crippen molar-refractivity contribution in [3.63, 3.8) is 0 Å². The molecule has 0 bridgehead atoms. The number of halogens is 7. The maximum absolute atomic E-state index is 13.1. The van der Waals surface area contributed by atoms with E-state index in [1.54, 1.807) is 0 Å². The number of hydrogen-bond donors (Lipinski definition) is 1. The lowest BCUT2D eigenvalue weighted by atomic mass is 10.1. The number of benzene rings is 1. The second-order valence-corrected chi connectivity index (χ2v) is 6.85. The summed E-state index contributed by atoms with van der Waals surface area (Å²) in [6.07, 6.45) is -8.34. The molecule has 1 heterocycles. The molecule has 4 nitrogen and oxygen atoms in total. The number of hydrogen-bond acceptors (Lipinski definition) is 2. The Morgan fingerprint density at radius 3 is 2.32 bits per heavy atom. The van der Waals surface area contributed by atoms with Crippen LogP contribution in [0.25, 0.3) is 0 Å². The fourth-order valence-corrected chi connectivity index (χ4v) is 3.20. The number of carbonyl (C=O) groups is 1. The summed E-state index contributed by atoms with van der Waals surface area (Å²) >= 11 is 5.86. The lowest BCUT2D eigenvalue weighted by molar-refractivity contribution is -0.142. The molecule has 1 N–H and O–H groups in total. The maximum Gasteiger partial charge on any atom is 0.436 e. The first-order valence-corrected chi connectivity index (χ1v) is 8.61. The summed E-state index contributed by atoms with van der Waals surface area (Å²) in [5.74, 6) is -1.21. The fourth-order valence-electron chi connectivity index (χ4n) is 2.81. The van der Waals surface area contributed by atoms with Gasteiger partial charge in [-0.2, -0.15) is 31.4 Å². The number of rotatable bonds is 4. The van der Waals surface area contributed by atoms with Gasteiger partial charge in [-0.3, -0.25) is 9.48 Å². The molecule has 1 unspecified atom stereocenters. The zero-order chi connectivity index (χ0) is 20.9. The van der Waals surface area contributed by atoms with Gasteiger partial charge in [0.1, 0.15) is 6.04 Å². The van der Waals surface area contributed by atoms with Crippen LogP contribution < -0.4 is 5.32 Å². The number of anilines is 1. The van der Waals surface area contributed by atoms with Gasteiger partial charge in [-0.25, -0.2) is 0 Å². The number of amides is 1. The molecular formula is C17H14ClF6N3O. The average Bonchev–Trinajstić information content (AvgIpc) is 3.35. The Balaban J connectivity index is 1.93. The molecule has 2 aromatic rings. The SMILES string of the molecule is CC(C(=O)Nc1ccccc1C(F)(F)F)n1nc(C(F)(F)F)c(Cl)c1C1CC1. The molecule has 3 rings (SSSR count). The van der Waals surface area contributed by atoms with Crippen LogP contribution in [0.1, 0.15) is 48.7 Å². The Hall–Kier alpha value is -2.23. The molecular weight excluding hydrogens is 412 g/mol. The molecule has 1 aliphatic carbocycles. The highest BCUT2D eigenvalue weighted by molar-refractivity contribution is 6.32. The Morgan fingerprint density at radius 1 is 1.18 bits per heavy atom. The average molecular weight is 426 g/mol. The van der Waals surface area contributed by atoms with Crippen LogP contribution in [0.4, 0.5) is 32.0 Å². The number of para-hydroxylation sites is 1. The third kappa shape index (κ3) is 3.96. The van der Waals surface area contributed by atoms with E-state index in [9.17, 15) is 31.1 Å². The van der Waals surface area contributed by atoms with Crippen LogP contribution in [0.2, 0.25) is 5.02 Å². The van der Waals surface area contributed by atoms with Gasteiger partial charge in [0.05, 0.1) is 22.0 Å². The first kappa shape index (κ1) is 20.5. The predicted octanol–water partition coefficient (Wildman–Crippen LogP) is 5.65. The van der Waals surface area contributed by atoms with E-state index in [0.29, 0.717) is 12.8 Å². The maximum atomic E-state index is 13.1. The summed E-state index contributed by atoms with van der Waals surface area (Å²) in [6.45, 7) is 1.25. The third-order valence-electron chi connectivity index (χ3n) is 4.36. The number of alkyl halides is 6. The molecule has 11 heteroatoms. The molecule has 0 radical (unpaired) electrons. The summed E-state index contributed by atoms with van der Waals surface area (Å²) < 4.78 is 79.5. The molecule has 0 spiro atoms. The number of nitrogens with zero attached hydrogens (tertiary/aromatic N) is 2. The molecule has 1 aliphatic rings. The van der Waals surface area contributed by atoms with Crippen LogP contribution >= 0.6 is 11.6 Å². The first-order valence-electron chi connectivity index (χ1n) is 8.23. The monoisotopic (exact) mass is 425 g/mol. The standard InChI is InChI=1S/C17H14ClF6N3O/c1-8(15(28)25-11-5-3-2-4-10(11)16(19,20)21)27-13(9-6-7-9)12(18)14(26-27)17(22,23)24/h2-5,8-9H,6-7H2,1H3,(H,25,28). The highest BCUT2D eigenvalue weighted by Crippen LogP contribution is 2.47. The summed E-state index contributed by atoms with van der Waals surface area (Å²) in [4.78, 5) is 12.5. The van der Waals surface area contributed by atoms with Gasteiger partial charge in [0.15, 0.2) is 5.69 Å². The quantitative estimate of drug-likeness (QED) is 0.643. The van der Waals surface area contributed by atoms with E-state index in [-0.39, 0.29) is 11.6 Å². The van der Waals surface area contributed by atoms with Crippen LogP contribution in [0.3, 0.4) is 0 Å². The van der Waals surface area contributed by atoms with Gasteiger partial charge in [-0.1, -0.05) is 23.7 Å². The van der Waals surface area contributed by atoms with Gasteiger partial charge in [-0.15, -0.1) is 0 Å². The normalized spacial score (nSPS) is 16.1. The smallest absolute Gasteiger partial charge is 0.324 e. The molecule has 1 atom stereocenters. The zero-order valence-electron chi connectivity index (χ0n) is 14.3. The van der Waals surface area contributed by atoms with Crippen LogP contribution in [-0.2, 0) is 17.1 Å². The Morgan fingerprint density at radius 2 is 1.79 bits per heavy atom. The molecule has 1 fully saturated rings. The minimum Gasteiger partial charge on any atom is -0.324 e.